The SMILES string of the molecule is c1ccc(Nc2ccc(-c3ccc4c(c3)c3sc5ccccc5c3n4-c3ccccc3)cc2Sc2ccccc2)cc1. The first-order valence-corrected chi connectivity index (χ1v) is 15.7. The number of rotatable bonds is 6. The second-order valence-electron chi connectivity index (χ2n) is 10.3. The molecule has 0 bridgehead atoms. The van der Waals surface area contributed by atoms with E-state index in [1.54, 1.807) is 11.8 Å². The summed E-state index contributed by atoms with van der Waals surface area (Å²) in [5.74, 6) is 0. The lowest BCUT2D eigenvalue weighted by Gasteiger charge is -2.14. The molecular formula is C38H26N2S2. The summed E-state index contributed by atoms with van der Waals surface area (Å²) in [5, 5.41) is 6.23. The Morgan fingerprint density at radius 3 is 2.05 bits per heavy atom. The number of hydrogen-bond donors (Lipinski definition) is 1. The van der Waals surface area contributed by atoms with Crippen LogP contribution >= 0.6 is 23.1 Å². The van der Waals surface area contributed by atoms with Crippen LogP contribution in [-0.4, -0.2) is 4.57 Å². The molecule has 1 N–H and O–H groups in total. The molecule has 4 heteroatoms. The van der Waals surface area contributed by atoms with Gasteiger partial charge >= 0.3 is 0 Å². The smallest absolute Gasteiger partial charge is 0.0727 e. The molecular weight excluding hydrogens is 549 g/mol. The molecule has 2 heterocycles. The number of nitrogens with zero attached hydrogens (tertiary/aromatic N) is 1. The van der Waals surface area contributed by atoms with Crippen LogP contribution < -0.4 is 5.32 Å². The van der Waals surface area contributed by atoms with Gasteiger partial charge < -0.3 is 9.88 Å². The average molecular weight is 575 g/mol. The maximum Gasteiger partial charge on any atom is 0.0727 e. The molecule has 0 saturated heterocycles. The molecule has 6 aromatic carbocycles. The van der Waals surface area contributed by atoms with Crippen LogP contribution in [0.2, 0.25) is 0 Å². The lowest BCUT2D eigenvalue weighted by atomic mass is 10.0. The highest BCUT2D eigenvalue weighted by Gasteiger charge is 2.18. The lowest BCUT2D eigenvalue weighted by molar-refractivity contribution is 1.19. The summed E-state index contributed by atoms with van der Waals surface area (Å²) >= 11 is 3.67. The Kier molecular flexibility index (Phi) is 6.29. The van der Waals surface area contributed by atoms with Gasteiger partial charge in [0.2, 0.25) is 0 Å². The second-order valence-corrected chi connectivity index (χ2v) is 12.5. The van der Waals surface area contributed by atoms with Gasteiger partial charge in [-0.05, 0) is 77.9 Å². The minimum absolute atomic E-state index is 1.08. The molecule has 8 aromatic rings. The zero-order valence-corrected chi connectivity index (χ0v) is 24.3. The van der Waals surface area contributed by atoms with Gasteiger partial charge in [0.25, 0.3) is 0 Å². The lowest BCUT2D eigenvalue weighted by Crippen LogP contribution is -1.94. The largest absolute Gasteiger partial charge is 0.355 e. The van der Waals surface area contributed by atoms with Gasteiger partial charge in [-0.2, -0.15) is 0 Å². The molecule has 0 aliphatic heterocycles. The van der Waals surface area contributed by atoms with Gasteiger partial charge in [-0.3, -0.25) is 0 Å². The van der Waals surface area contributed by atoms with Crippen molar-refractivity contribution in [2.75, 3.05) is 5.32 Å². The van der Waals surface area contributed by atoms with Crippen molar-refractivity contribution in [3.63, 3.8) is 0 Å². The highest BCUT2D eigenvalue weighted by molar-refractivity contribution is 7.99. The molecule has 0 spiro atoms. The Hall–Kier alpha value is -4.77. The van der Waals surface area contributed by atoms with Crippen LogP contribution in [0, 0.1) is 0 Å². The van der Waals surface area contributed by atoms with E-state index in [-0.39, 0.29) is 0 Å². The molecule has 0 amide bonds. The van der Waals surface area contributed by atoms with E-state index < -0.39 is 0 Å². The van der Waals surface area contributed by atoms with E-state index in [9.17, 15) is 0 Å². The van der Waals surface area contributed by atoms with Gasteiger partial charge in [0, 0.05) is 36.6 Å². The van der Waals surface area contributed by atoms with Crippen molar-refractivity contribution < 1.29 is 0 Å². The summed E-state index contributed by atoms with van der Waals surface area (Å²) in [7, 11) is 0. The fourth-order valence-corrected chi connectivity index (χ4v) is 7.85. The van der Waals surface area contributed by atoms with Gasteiger partial charge in [-0.15, -0.1) is 11.3 Å². The minimum atomic E-state index is 1.08. The normalized spacial score (nSPS) is 11.4. The summed E-state index contributed by atoms with van der Waals surface area (Å²) in [6, 6.07) is 54.1. The number of para-hydroxylation sites is 2. The van der Waals surface area contributed by atoms with E-state index in [4.69, 9.17) is 0 Å². The molecule has 2 aromatic heterocycles. The van der Waals surface area contributed by atoms with Crippen LogP contribution in [-0.2, 0) is 0 Å². The van der Waals surface area contributed by atoms with Crippen molar-refractivity contribution in [3.8, 4) is 16.8 Å². The Labute approximate surface area is 252 Å². The zero-order chi connectivity index (χ0) is 27.9. The van der Waals surface area contributed by atoms with Crippen LogP contribution in [0.5, 0.6) is 0 Å². The van der Waals surface area contributed by atoms with Crippen molar-refractivity contribution >= 4 is 65.7 Å². The molecule has 0 fully saturated rings. The molecule has 0 radical (unpaired) electrons. The molecule has 0 aliphatic carbocycles. The molecule has 2 nitrogen and oxygen atoms in total. The average Bonchev–Trinajstić information content (AvgIpc) is 3.58. The molecule has 0 aliphatic rings. The first kappa shape index (κ1) is 25.0. The summed E-state index contributed by atoms with van der Waals surface area (Å²) in [6.07, 6.45) is 0. The monoisotopic (exact) mass is 574 g/mol. The minimum Gasteiger partial charge on any atom is -0.355 e. The van der Waals surface area contributed by atoms with E-state index in [0.717, 1.165) is 11.4 Å². The number of aromatic nitrogens is 1. The van der Waals surface area contributed by atoms with Crippen molar-refractivity contribution in [2.45, 2.75) is 9.79 Å². The third-order valence-corrected chi connectivity index (χ3v) is 9.89. The Bertz CT molecular complexity index is 2180. The van der Waals surface area contributed by atoms with Gasteiger partial charge in [0.05, 0.1) is 21.4 Å². The molecule has 8 rings (SSSR count). The second kappa shape index (κ2) is 10.6. The fraction of sp³-hybridized carbons (Fsp3) is 0. The van der Waals surface area contributed by atoms with Gasteiger partial charge in [0.15, 0.2) is 0 Å². The van der Waals surface area contributed by atoms with Gasteiger partial charge in [-0.1, -0.05) is 96.7 Å². The van der Waals surface area contributed by atoms with Crippen molar-refractivity contribution in [1.29, 1.82) is 0 Å². The van der Waals surface area contributed by atoms with Crippen LogP contribution in [0.1, 0.15) is 0 Å². The number of thiophene rings is 1. The maximum absolute atomic E-state index is 3.64. The Morgan fingerprint density at radius 2 is 1.24 bits per heavy atom. The number of benzene rings is 6. The highest BCUT2D eigenvalue weighted by Crippen LogP contribution is 2.44. The van der Waals surface area contributed by atoms with Crippen molar-refractivity contribution in [2.24, 2.45) is 0 Å². The first-order valence-electron chi connectivity index (χ1n) is 14.0. The van der Waals surface area contributed by atoms with E-state index >= 15 is 0 Å². The quantitative estimate of drug-likeness (QED) is 0.213. The molecule has 200 valence electrons. The zero-order valence-electron chi connectivity index (χ0n) is 22.7. The van der Waals surface area contributed by atoms with E-state index in [0.29, 0.717) is 0 Å². The summed E-state index contributed by atoms with van der Waals surface area (Å²) in [5.41, 5.74) is 8.31. The van der Waals surface area contributed by atoms with Crippen molar-refractivity contribution in [1.82, 2.24) is 4.57 Å². The third-order valence-electron chi connectivity index (χ3n) is 7.63. The number of nitrogens with one attached hydrogen (secondary N) is 1. The Balaban J connectivity index is 1.29. The van der Waals surface area contributed by atoms with Crippen LogP contribution in [0.25, 0.3) is 48.0 Å². The van der Waals surface area contributed by atoms with E-state index in [1.165, 1.54) is 57.8 Å². The number of hydrogen-bond acceptors (Lipinski definition) is 3. The Morgan fingerprint density at radius 1 is 0.571 bits per heavy atom. The summed E-state index contributed by atoms with van der Waals surface area (Å²) in [4.78, 5) is 2.41. The third kappa shape index (κ3) is 4.46. The standard InChI is InChI=1S/C38H26N2S2/c1-4-12-28(13-5-1)39-33-22-20-27(25-36(33)41-30-16-8-3-9-17-30)26-21-23-34-32(24-26)38-37(31-18-10-11-19-35(31)42-38)40(34)29-14-6-2-7-15-29/h1-25,39H. The van der Waals surface area contributed by atoms with Crippen LogP contribution in [0.4, 0.5) is 11.4 Å². The van der Waals surface area contributed by atoms with Crippen LogP contribution in [0.3, 0.4) is 0 Å². The molecule has 42 heavy (non-hydrogen) atoms. The number of anilines is 2. The van der Waals surface area contributed by atoms with E-state index in [2.05, 4.69) is 155 Å². The summed E-state index contributed by atoms with van der Waals surface area (Å²) in [6.45, 7) is 0. The summed E-state index contributed by atoms with van der Waals surface area (Å²) < 4.78 is 5.08. The predicted molar refractivity (Wildman–Crippen MR) is 182 cm³/mol. The molecule has 0 unspecified atom stereocenters. The molecule has 0 atom stereocenters. The number of fused-ring (bicyclic) bond motifs is 5. The highest BCUT2D eigenvalue weighted by atomic mass is 32.2. The van der Waals surface area contributed by atoms with E-state index in [1.807, 2.05) is 17.4 Å². The topological polar surface area (TPSA) is 17.0 Å². The van der Waals surface area contributed by atoms with Crippen molar-refractivity contribution in [3.05, 3.63) is 152 Å². The molecule has 0 saturated carbocycles. The fourth-order valence-electron chi connectivity index (χ4n) is 5.68. The van der Waals surface area contributed by atoms with Crippen LogP contribution in [0.15, 0.2) is 161 Å². The van der Waals surface area contributed by atoms with Gasteiger partial charge in [-0.25, -0.2) is 0 Å². The maximum atomic E-state index is 3.64. The van der Waals surface area contributed by atoms with Gasteiger partial charge in [0.1, 0.15) is 0 Å². The predicted octanol–water partition coefficient (Wildman–Crippen LogP) is 11.6. The first-order chi connectivity index (χ1) is 20.8.